The number of hydrogen-bond donors (Lipinski definition) is 2. The van der Waals surface area contributed by atoms with E-state index in [1.54, 1.807) is 6.92 Å². The first-order valence-electron chi connectivity index (χ1n) is 6.73. The molecule has 0 fully saturated rings. The van der Waals surface area contributed by atoms with Crippen LogP contribution in [0.15, 0.2) is 10.3 Å². The molecular weight excluding hydrogens is 296 g/mol. The summed E-state index contributed by atoms with van der Waals surface area (Å²) in [5.74, 6) is 0.590. The molecule has 0 radical (unpaired) electrons. The van der Waals surface area contributed by atoms with Crippen molar-refractivity contribution >= 4 is 21.4 Å². The molecule has 1 aromatic rings. The summed E-state index contributed by atoms with van der Waals surface area (Å²) in [5, 5.41) is 1.82. The molecule has 5 nitrogen and oxygen atoms in total. The molecule has 0 spiro atoms. The van der Waals surface area contributed by atoms with Crippen molar-refractivity contribution in [1.29, 1.82) is 0 Å². The molecule has 0 aliphatic rings. The molecule has 0 amide bonds. The molecule has 0 unspecified atom stereocenters. The van der Waals surface area contributed by atoms with Gasteiger partial charge in [0, 0.05) is 24.6 Å². The molecule has 7 heteroatoms. The number of sulfonamides is 1. The van der Waals surface area contributed by atoms with Crippen LogP contribution in [0.4, 0.5) is 0 Å². The average molecular weight is 320 g/mol. The first-order valence-corrected chi connectivity index (χ1v) is 9.09. The van der Waals surface area contributed by atoms with Gasteiger partial charge >= 0.3 is 0 Å². The quantitative estimate of drug-likeness (QED) is 0.680. The number of nitrogens with two attached hydrogens (primary N) is 1. The van der Waals surface area contributed by atoms with Crippen LogP contribution < -0.4 is 10.5 Å². The van der Waals surface area contributed by atoms with Crippen LogP contribution in [0, 0.1) is 12.8 Å². The zero-order valence-electron chi connectivity index (χ0n) is 12.3. The van der Waals surface area contributed by atoms with Crippen molar-refractivity contribution in [2.75, 3.05) is 19.8 Å². The van der Waals surface area contributed by atoms with Crippen LogP contribution >= 0.6 is 11.3 Å². The molecule has 0 aliphatic carbocycles. The van der Waals surface area contributed by atoms with Crippen LogP contribution in [0.2, 0.25) is 0 Å². The van der Waals surface area contributed by atoms with E-state index in [0.29, 0.717) is 28.9 Å². The van der Waals surface area contributed by atoms with Crippen molar-refractivity contribution in [2.24, 2.45) is 11.7 Å². The van der Waals surface area contributed by atoms with Crippen LogP contribution in [-0.2, 0) is 21.3 Å². The number of ether oxygens (including phenoxy) is 1. The summed E-state index contributed by atoms with van der Waals surface area (Å²) in [4.78, 5) is 1.02. The lowest BCUT2D eigenvalue weighted by molar-refractivity contribution is 0.128. The Morgan fingerprint density at radius 2 is 2.10 bits per heavy atom. The van der Waals surface area contributed by atoms with E-state index in [2.05, 4.69) is 18.6 Å². The van der Waals surface area contributed by atoms with Crippen molar-refractivity contribution in [2.45, 2.75) is 38.6 Å². The molecule has 1 aromatic heterocycles. The van der Waals surface area contributed by atoms with Crippen LogP contribution in [0.25, 0.3) is 0 Å². The van der Waals surface area contributed by atoms with Gasteiger partial charge in [0.25, 0.3) is 0 Å². The third-order valence-electron chi connectivity index (χ3n) is 2.82. The summed E-state index contributed by atoms with van der Waals surface area (Å²) >= 11 is 1.38. The standard InChI is InChI=1S/C13H24N2O3S2/c1-10(2)4-6-18-7-5-15-20(16,17)13-11(3)9-19-12(13)8-14/h9-10,15H,4-8,14H2,1-3H3. The van der Waals surface area contributed by atoms with Gasteiger partial charge in [0.15, 0.2) is 0 Å². The van der Waals surface area contributed by atoms with E-state index in [1.807, 2.05) is 5.38 Å². The fourth-order valence-electron chi connectivity index (χ4n) is 1.73. The van der Waals surface area contributed by atoms with Crippen molar-refractivity contribution in [3.63, 3.8) is 0 Å². The minimum Gasteiger partial charge on any atom is -0.380 e. The Bertz CT molecular complexity index is 510. The fourth-order valence-corrected chi connectivity index (χ4v) is 4.44. The Balaban J connectivity index is 2.48. The second-order valence-electron chi connectivity index (χ2n) is 5.07. The molecular formula is C13H24N2O3S2. The van der Waals surface area contributed by atoms with Gasteiger partial charge in [-0.2, -0.15) is 0 Å². The number of thiophene rings is 1. The number of nitrogens with one attached hydrogen (secondary N) is 1. The average Bonchev–Trinajstić information content (AvgIpc) is 2.75. The lowest BCUT2D eigenvalue weighted by atomic mass is 10.1. The monoisotopic (exact) mass is 320 g/mol. The molecule has 0 aromatic carbocycles. The number of aryl methyl sites for hydroxylation is 1. The topological polar surface area (TPSA) is 81.4 Å². The predicted molar refractivity (Wildman–Crippen MR) is 82.4 cm³/mol. The molecule has 0 saturated carbocycles. The van der Waals surface area contributed by atoms with Gasteiger partial charge in [-0.3, -0.25) is 0 Å². The van der Waals surface area contributed by atoms with Crippen LogP contribution in [0.5, 0.6) is 0 Å². The summed E-state index contributed by atoms with van der Waals surface area (Å²) in [6.07, 6.45) is 0.980. The zero-order chi connectivity index (χ0) is 15.2. The van der Waals surface area contributed by atoms with Crippen molar-refractivity contribution < 1.29 is 13.2 Å². The summed E-state index contributed by atoms with van der Waals surface area (Å²) in [6, 6.07) is 0. The van der Waals surface area contributed by atoms with Crippen LogP contribution in [-0.4, -0.2) is 28.2 Å². The van der Waals surface area contributed by atoms with Gasteiger partial charge in [0.05, 0.1) is 6.61 Å². The minimum absolute atomic E-state index is 0.236. The predicted octanol–water partition coefficient (Wildman–Crippen LogP) is 1.86. The lowest BCUT2D eigenvalue weighted by Gasteiger charge is -2.09. The molecule has 0 aliphatic heterocycles. The van der Waals surface area contributed by atoms with Gasteiger partial charge in [-0.1, -0.05) is 13.8 Å². The minimum atomic E-state index is -3.49. The molecule has 0 bridgehead atoms. The number of hydrogen-bond acceptors (Lipinski definition) is 5. The van der Waals surface area contributed by atoms with Crippen molar-refractivity contribution in [1.82, 2.24) is 4.72 Å². The maximum Gasteiger partial charge on any atom is 0.242 e. The third-order valence-corrected chi connectivity index (χ3v) is 5.77. The van der Waals surface area contributed by atoms with Gasteiger partial charge in [0.1, 0.15) is 4.90 Å². The highest BCUT2D eigenvalue weighted by molar-refractivity contribution is 7.89. The van der Waals surface area contributed by atoms with Crippen molar-refractivity contribution in [3.05, 3.63) is 15.8 Å². The zero-order valence-corrected chi connectivity index (χ0v) is 13.9. The summed E-state index contributed by atoms with van der Waals surface area (Å²) in [6.45, 7) is 7.58. The Morgan fingerprint density at radius 3 is 2.70 bits per heavy atom. The molecule has 0 atom stereocenters. The van der Waals surface area contributed by atoms with Gasteiger partial charge in [-0.05, 0) is 30.2 Å². The second-order valence-corrected chi connectivity index (χ2v) is 7.74. The first-order chi connectivity index (χ1) is 9.38. The normalized spacial score (nSPS) is 12.2. The SMILES string of the molecule is Cc1csc(CN)c1S(=O)(=O)NCCOCCC(C)C. The maximum absolute atomic E-state index is 12.2. The summed E-state index contributed by atoms with van der Waals surface area (Å²) < 4.78 is 32.4. The van der Waals surface area contributed by atoms with Gasteiger partial charge in [0.2, 0.25) is 10.0 Å². The lowest BCUT2D eigenvalue weighted by Crippen LogP contribution is -2.28. The summed E-state index contributed by atoms with van der Waals surface area (Å²) in [5.41, 5.74) is 6.32. The molecule has 116 valence electrons. The van der Waals surface area contributed by atoms with Crippen LogP contribution in [0.1, 0.15) is 30.7 Å². The van der Waals surface area contributed by atoms with E-state index >= 15 is 0 Å². The Hall–Kier alpha value is -0.470. The smallest absolute Gasteiger partial charge is 0.242 e. The molecule has 0 saturated heterocycles. The molecule has 1 heterocycles. The van der Waals surface area contributed by atoms with E-state index in [0.717, 1.165) is 12.0 Å². The Morgan fingerprint density at radius 1 is 1.40 bits per heavy atom. The van der Waals surface area contributed by atoms with E-state index in [-0.39, 0.29) is 13.1 Å². The Labute approximate surface area is 125 Å². The van der Waals surface area contributed by atoms with Crippen molar-refractivity contribution in [3.8, 4) is 0 Å². The maximum atomic E-state index is 12.2. The largest absolute Gasteiger partial charge is 0.380 e. The van der Waals surface area contributed by atoms with Gasteiger partial charge < -0.3 is 10.5 Å². The highest BCUT2D eigenvalue weighted by Crippen LogP contribution is 2.26. The Kier molecular flexibility index (Phi) is 7.11. The molecule has 3 N–H and O–H groups in total. The van der Waals surface area contributed by atoms with E-state index in [4.69, 9.17) is 10.5 Å². The molecule has 20 heavy (non-hydrogen) atoms. The second kappa shape index (κ2) is 8.09. The first kappa shape index (κ1) is 17.6. The summed E-state index contributed by atoms with van der Waals surface area (Å²) in [7, 11) is -3.49. The van der Waals surface area contributed by atoms with Gasteiger partial charge in [-0.15, -0.1) is 11.3 Å². The number of rotatable bonds is 9. The van der Waals surface area contributed by atoms with E-state index in [9.17, 15) is 8.42 Å². The molecule has 1 rings (SSSR count). The third kappa shape index (κ3) is 5.14. The fraction of sp³-hybridized carbons (Fsp3) is 0.692. The highest BCUT2D eigenvalue weighted by atomic mass is 32.2. The van der Waals surface area contributed by atoms with Gasteiger partial charge in [-0.25, -0.2) is 13.1 Å². The van der Waals surface area contributed by atoms with E-state index in [1.165, 1.54) is 11.3 Å². The highest BCUT2D eigenvalue weighted by Gasteiger charge is 2.21. The van der Waals surface area contributed by atoms with E-state index < -0.39 is 10.0 Å². The van der Waals surface area contributed by atoms with Crippen LogP contribution in [0.3, 0.4) is 0 Å².